The van der Waals surface area contributed by atoms with Crippen LogP contribution in [0.25, 0.3) is 5.57 Å². The van der Waals surface area contributed by atoms with E-state index in [0.717, 1.165) is 5.56 Å². The predicted octanol–water partition coefficient (Wildman–Crippen LogP) is 2.36. The quantitative estimate of drug-likeness (QED) is 0.282. The smallest absolute Gasteiger partial charge is 0.358 e. The normalized spacial score (nSPS) is 19.7. The molecular formula is C27H31N3O7. The third-order valence-electron chi connectivity index (χ3n) is 6.51. The fourth-order valence-corrected chi connectivity index (χ4v) is 4.51. The lowest BCUT2D eigenvalue weighted by molar-refractivity contribution is -0.175. The van der Waals surface area contributed by atoms with Gasteiger partial charge in [0.1, 0.15) is 11.4 Å². The van der Waals surface area contributed by atoms with Gasteiger partial charge in [-0.15, -0.1) is 0 Å². The van der Waals surface area contributed by atoms with Crippen LogP contribution in [-0.2, 0) is 30.4 Å². The number of nitrogens with one attached hydrogen (secondary N) is 2. The van der Waals surface area contributed by atoms with Crippen molar-refractivity contribution >= 4 is 29.3 Å². The third-order valence-corrected chi connectivity index (χ3v) is 6.51. The van der Waals surface area contributed by atoms with Crippen LogP contribution in [0.3, 0.4) is 0 Å². The molecule has 0 radical (unpaired) electrons. The highest BCUT2D eigenvalue weighted by atomic mass is 16.7. The minimum atomic E-state index is -0.858. The van der Waals surface area contributed by atoms with Crippen LogP contribution in [0.2, 0.25) is 0 Å². The van der Waals surface area contributed by atoms with Gasteiger partial charge in [-0.05, 0) is 62.9 Å². The number of β-lactam (4-membered cyclic amide) rings is 1. The molecule has 0 spiro atoms. The number of amides is 2. The van der Waals surface area contributed by atoms with E-state index >= 15 is 0 Å². The first-order valence-electron chi connectivity index (χ1n) is 12.1. The molecule has 1 saturated heterocycles. The summed E-state index contributed by atoms with van der Waals surface area (Å²) in [6, 6.07) is 10.3. The Morgan fingerprint density at radius 1 is 1.16 bits per heavy atom. The molecule has 1 aromatic carbocycles. The highest BCUT2D eigenvalue weighted by Gasteiger charge is 2.57. The first kappa shape index (κ1) is 26.2. The molecule has 10 heteroatoms. The van der Waals surface area contributed by atoms with Gasteiger partial charge in [-0.2, -0.15) is 0 Å². The zero-order valence-electron chi connectivity index (χ0n) is 21.2. The van der Waals surface area contributed by atoms with Crippen LogP contribution in [-0.4, -0.2) is 57.7 Å². The van der Waals surface area contributed by atoms with Gasteiger partial charge in [0.15, 0.2) is 0 Å². The van der Waals surface area contributed by atoms with Crippen molar-refractivity contribution in [3.8, 4) is 0 Å². The standard InChI is InChI=1S/C27H31N3O7/c1-15(31)21-20-12-18(17-9-7-16(8-10-17)13-29-23(32)19-6-5-11-28-19)22(30(20)24(21)33)25(34)36-14-37-26(35)27(2,3)4/h5-11,15,20-21,28,31H,12-14H2,1-4H3,(H,29,32)/t15-,20-,21-/m1/s1. The summed E-state index contributed by atoms with van der Waals surface area (Å²) in [5.74, 6) is -2.48. The van der Waals surface area contributed by atoms with E-state index in [9.17, 15) is 24.3 Å². The zero-order valence-corrected chi connectivity index (χ0v) is 21.2. The third kappa shape index (κ3) is 5.29. The first-order chi connectivity index (χ1) is 17.5. The molecule has 0 aliphatic carbocycles. The van der Waals surface area contributed by atoms with E-state index in [1.165, 1.54) is 4.90 Å². The van der Waals surface area contributed by atoms with Gasteiger partial charge in [0, 0.05) is 12.7 Å². The lowest BCUT2D eigenvalue weighted by Crippen LogP contribution is -2.61. The van der Waals surface area contributed by atoms with E-state index < -0.39 is 36.2 Å². The fourth-order valence-electron chi connectivity index (χ4n) is 4.51. The largest absolute Gasteiger partial charge is 0.427 e. The van der Waals surface area contributed by atoms with E-state index in [1.54, 1.807) is 46.0 Å². The van der Waals surface area contributed by atoms with Gasteiger partial charge in [0.2, 0.25) is 12.7 Å². The minimum absolute atomic E-state index is 0.0894. The lowest BCUT2D eigenvalue weighted by Gasteiger charge is -2.44. The molecule has 37 heavy (non-hydrogen) atoms. The number of esters is 2. The molecule has 0 saturated carbocycles. The maximum Gasteiger partial charge on any atom is 0.358 e. The molecule has 3 N–H and O–H groups in total. The van der Waals surface area contributed by atoms with Crippen LogP contribution < -0.4 is 5.32 Å². The van der Waals surface area contributed by atoms with Gasteiger partial charge < -0.3 is 29.8 Å². The number of carbonyl (C=O) groups excluding carboxylic acids is 4. The zero-order chi connectivity index (χ0) is 26.9. The van der Waals surface area contributed by atoms with Crippen molar-refractivity contribution in [3.63, 3.8) is 0 Å². The Labute approximate surface area is 214 Å². The number of ether oxygens (including phenoxy) is 2. The van der Waals surface area contributed by atoms with Crippen LogP contribution >= 0.6 is 0 Å². The van der Waals surface area contributed by atoms with E-state index in [4.69, 9.17) is 9.47 Å². The summed E-state index contributed by atoms with van der Waals surface area (Å²) < 4.78 is 10.3. The van der Waals surface area contributed by atoms with Crippen molar-refractivity contribution in [3.05, 3.63) is 65.1 Å². The number of hydrogen-bond donors (Lipinski definition) is 3. The van der Waals surface area contributed by atoms with Crippen molar-refractivity contribution < 1.29 is 33.8 Å². The molecule has 3 atom stereocenters. The number of hydrogen-bond acceptors (Lipinski definition) is 7. The summed E-state index contributed by atoms with van der Waals surface area (Å²) in [5, 5.41) is 12.9. The van der Waals surface area contributed by atoms with E-state index in [1.807, 2.05) is 24.3 Å². The van der Waals surface area contributed by atoms with Crippen LogP contribution in [0.4, 0.5) is 0 Å². The molecule has 0 bridgehead atoms. The van der Waals surface area contributed by atoms with Crippen LogP contribution in [0.15, 0.2) is 48.3 Å². The molecule has 196 valence electrons. The molecule has 4 rings (SSSR count). The van der Waals surface area contributed by atoms with Crippen LogP contribution in [0.1, 0.15) is 55.7 Å². The number of benzene rings is 1. The van der Waals surface area contributed by atoms with Crippen molar-refractivity contribution in [1.82, 2.24) is 15.2 Å². The van der Waals surface area contributed by atoms with E-state index in [0.29, 0.717) is 29.8 Å². The van der Waals surface area contributed by atoms with Crippen molar-refractivity contribution in [2.24, 2.45) is 11.3 Å². The second-order valence-electron chi connectivity index (χ2n) is 10.3. The Morgan fingerprint density at radius 3 is 2.46 bits per heavy atom. The van der Waals surface area contributed by atoms with Gasteiger partial charge in [0.05, 0.1) is 23.5 Å². The maximum atomic E-state index is 13.1. The Bertz CT molecular complexity index is 1220. The fraction of sp³-hybridized carbons (Fsp3) is 0.407. The molecule has 3 heterocycles. The SMILES string of the molecule is C[C@@H](O)[C@H]1C(=O)N2C(C(=O)OCOC(=O)C(C)(C)C)=C(c3ccc(CNC(=O)c4ccc[nH]4)cc3)C[C@H]12. The Hall–Kier alpha value is -3.92. The monoisotopic (exact) mass is 509 g/mol. The summed E-state index contributed by atoms with van der Waals surface area (Å²) in [6.45, 7) is 6.34. The Morgan fingerprint density at radius 2 is 1.86 bits per heavy atom. The van der Waals surface area contributed by atoms with E-state index in [2.05, 4.69) is 10.3 Å². The number of aromatic amines is 1. The molecule has 2 aliphatic rings. The topological polar surface area (TPSA) is 138 Å². The summed E-state index contributed by atoms with van der Waals surface area (Å²) in [5.41, 5.74) is 1.97. The highest BCUT2D eigenvalue weighted by molar-refractivity contribution is 6.06. The van der Waals surface area contributed by atoms with Crippen molar-refractivity contribution in [2.75, 3.05) is 6.79 Å². The number of aromatic nitrogens is 1. The average Bonchev–Trinajstić information content (AvgIpc) is 3.49. The maximum absolute atomic E-state index is 13.1. The van der Waals surface area contributed by atoms with Gasteiger partial charge in [-0.3, -0.25) is 14.4 Å². The molecule has 10 nitrogen and oxygen atoms in total. The summed E-state index contributed by atoms with van der Waals surface area (Å²) in [6.07, 6.45) is 1.19. The number of fused-ring (bicyclic) bond motifs is 1. The summed E-state index contributed by atoms with van der Waals surface area (Å²) in [7, 11) is 0. The average molecular weight is 510 g/mol. The molecule has 2 amide bonds. The molecule has 1 aromatic heterocycles. The van der Waals surface area contributed by atoms with Crippen LogP contribution in [0.5, 0.6) is 0 Å². The number of H-pyrrole nitrogens is 1. The van der Waals surface area contributed by atoms with Gasteiger partial charge in [-0.1, -0.05) is 24.3 Å². The van der Waals surface area contributed by atoms with Gasteiger partial charge in [0.25, 0.3) is 5.91 Å². The van der Waals surface area contributed by atoms with Crippen molar-refractivity contribution in [2.45, 2.75) is 52.8 Å². The molecule has 0 unspecified atom stereocenters. The second-order valence-corrected chi connectivity index (χ2v) is 10.3. The summed E-state index contributed by atoms with van der Waals surface area (Å²) in [4.78, 5) is 54.2. The number of aliphatic hydroxyl groups is 1. The summed E-state index contributed by atoms with van der Waals surface area (Å²) >= 11 is 0. The van der Waals surface area contributed by atoms with Gasteiger partial charge >= 0.3 is 11.9 Å². The number of carbonyl (C=O) groups is 4. The Balaban J connectivity index is 1.50. The minimum Gasteiger partial charge on any atom is -0.427 e. The highest BCUT2D eigenvalue weighted by Crippen LogP contribution is 2.47. The molecule has 1 fully saturated rings. The van der Waals surface area contributed by atoms with Crippen LogP contribution in [0, 0.1) is 11.3 Å². The second kappa shape index (κ2) is 10.2. The van der Waals surface area contributed by atoms with Gasteiger partial charge in [-0.25, -0.2) is 4.79 Å². The van der Waals surface area contributed by atoms with Crippen molar-refractivity contribution in [1.29, 1.82) is 0 Å². The van der Waals surface area contributed by atoms with E-state index in [-0.39, 0.29) is 23.6 Å². The molecule has 2 aromatic rings. The number of aliphatic hydroxyl groups excluding tert-OH is 1. The number of rotatable bonds is 8. The molecular weight excluding hydrogens is 478 g/mol. The lowest BCUT2D eigenvalue weighted by atomic mass is 9.82. The number of nitrogens with zero attached hydrogens (tertiary/aromatic N) is 1. The first-order valence-corrected chi connectivity index (χ1v) is 12.1. The Kier molecular flexibility index (Phi) is 7.22. The predicted molar refractivity (Wildman–Crippen MR) is 132 cm³/mol. The molecule has 2 aliphatic heterocycles.